The lowest BCUT2D eigenvalue weighted by molar-refractivity contribution is 0.102. The van der Waals surface area contributed by atoms with Gasteiger partial charge in [0, 0.05) is 23.6 Å². The molecule has 1 aliphatic rings. The van der Waals surface area contributed by atoms with Crippen molar-refractivity contribution in [2.75, 3.05) is 5.32 Å². The van der Waals surface area contributed by atoms with Gasteiger partial charge in [-0.2, -0.15) is 0 Å². The van der Waals surface area contributed by atoms with Gasteiger partial charge in [-0.3, -0.25) is 9.78 Å². The molecule has 1 amide bonds. The van der Waals surface area contributed by atoms with Crippen LogP contribution in [0.25, 0.3) is 11.1 Å². The molecule has 1 aliphatic carbocycles. The number of benzene rings is 2. The summed E-state index contributed by atoms with van der Waals surface area (Å²) in [5.41, 5.74) is 6.55. The van der Waals surface area contributed by atoms with E-state index in [1.807, 2.05) is 6.07 Å². The van der Waals surface area contributed by atoms with Crippen LogP contribution in [0, 0.1) is 0 Å². The van der Waals surface area contributed by atoms with Crippen LogP contribution in [0.1, 0.15) is 21.5 Å². The summed E-state index contributed by atoms with van der Waals surface area (Å²) >= 11 is 0. The van der Waals surface area contributed by atoms with Crippen molar-refractivity contribution in [1.29, 1.82) is 0 Å². The maximum Gasteiger partial charge on any atom is 0.255 e. The summed E-state index contributed by atoms with van der Waals surface area (Å²) in [4.78, 5) is 16.1. The molecule has 0 spiro atoms. The molecule has 0 saturated carbocycles. The van der Waals surface area contributed by atoms with Gasteiger partial charge in [0.1, 0.15) is 0 Å². The van der Waals surface area contributed by atoms with Crippen molar-refractivity contribution in [1.82, 2.24) is 4.98 Å². The van der Waals surface area contributed by atoms with Crippen molar-refractivity contribution in [3.63, 3.8) is 0 Å². The van der Waals surface area contributed by atoms with Gasteiger partial charge < -0.3 is 5.32 Å². The van der Waals surface area contributed by atoms with E-state index >= 15 is 0 Å². The van der Waals surface area contributed by atoms with E-state index in [-0.39, 0.29) is 5.91 Å². The molecule has 106 valence electrons. The Hall–Kier alpha value is -2.94. The maximum atomic E-state index is 12.2. The lowest BCUT2D eigenvalue weighted by Crippen LogP contribution is -2.11. The first-order valence-electron chi connectivity index (χ1n) is 7.24. The lowest BCUT2D eigenvalue weighted by atomic mass is 10.1. The van der Waals surface area contributed by atoms with E-state index in [0.29, 0.717) is 5.56 Å². The summed E-state index contributed by atoms with van der Waals surface area (Å²) in [5, 5.41) is 2.95. The van der Waals surface area contributed by atoms with Gasteiger partial charge >= 0.3 is 0 Å². The summed E-state index contributed by atoms with van der Waals surface area (Å²) in [6.07, 6.45) is 4.20. The molecule has 0 saturated heterocycles. The molecular weight excluding hydrogens is 272 g/mol. The number of amides is 1. The first-order valence-corrected chi connectivity index (χ1v) is 7.24. The van der Waals surface area contributed by atoms with E-state index in [9.17, 15) is 4.79 Å². The van der Waals surface area contributed by atoms with Crippen LogP contribution in [0.15, 0.2) is 67.0 Å². The van der Waals surface area contributed by atoms with E-state index < -0.39 is 0 Å². The molecule has 0 radical (unpaired) electrons. The second-order valence-electron chi connectivity index (χ2n) is 5.40. The zero-order chi connectivity index (χ0) is 14.9. The second-order valence-corrected chi connectivity index (χ2v) is 5.40. The van der Waals surface area contributed by atoms with Gasteiger partial charge in [0.05, 0.1) is 0 Å². The highest BCUT2D eigenvalue weighted by Crippen LogP contribution is 2.37. The number of nitrogens with zero attached hydrogens (tertiary/aromatic N) is 1. The van der Waals surface area contributed by atoms with Crippen molar-refractivity contribution in [3.8, 4) is 11.1 Å². The molecule has 4 rings (SSSR count). The number of nitrogens with one attached hydrogen (secondary N) is 1. The van der Waals surface area contributed by atoms with Crippen LogP contribution in [0.4, 0.5) is 5.69 Å². The van der Waals surface area contributed by atoms with Crippen molar-refractivity contribution >= 4 is 11.6 Å². The highest BCUT2D eigenvalue weighted by atomic mass is 16.1. The Morgan fingerprint density at radius 2 is 1.68 bits per heavy atom. The van der Waals surface area contributed by atoms with Gasteiger partial charge in [-0.15, -0.1) is 0 Å². The minimum atomic E-state index is -0.117. The van der Waals surface area contributed by atoms with Crippen LogP contribution in [-0.4, -0.2) is 10.9 Å². The standard InChI is InChI=1S/C19H14N2O/c22-19(13-7-9-20-10-8-13)21-16-6-5-15-11-14-3-1-2-4-17(14)18(15)12-16/h1-10,12H,11H2,(H,21,22). The Morgan fingerprint density at radius 3 is 2.55 bits per heavy atom. The number of rotatable bonds is 2. The molecule has 22 heavy (non-hydrogen) atoms. The molecule has 3 heteroatoms. The molecule has 0 atom stereocenters. The third-order valence-electron chi connectivity index (χ3n) is 4.00. The Morgan fingerprint density at radius 1 is 0.909 bits per heavy atom. The first-order chi connectivity index (χ1) is 10.8. The molecule has 0 unspecified atom stereocenters. The number of hydrogen-bond donors (Lipinski definition) is 1. The van der Waals surface area contributed by atoms with E-state index in [2.05, 4.69) is 46.7 Å². The molecule has 0 aliphatic heterocycles. The van der Waals surface area contributed by atoms with Gasteiger partial charge in [-0.1, -0.05) is 30.3 Å². The van der Waals surface area contributed by atoms with Crippen LogP contribution >= 0.6 is 0 Å². The van der Waals surface area contributed by atoms with E-state index in [0.717, 1.165) is 12.1 Å². The first kappa shape index (κ1) is 12.8. The predicted octanol–water partition coefficient (Wildman–Crippen LogP) is 3.91. The zero-order valence-electron chi connectivity index (χ0n) is 11.9. The third-order valence-corrected chi connectivity index (χ3v) is 4.00. The van der Waals surface area contributed by atoms with Crippen molar-refractivity contribution in [3.05, 3.63) is 83.7 Å². The summed E-state index contributed by atoms with van der Waals surface area (Å²) in [7, 11) is 0. The van der Waals surface area contributed by atoms with Gasteiger partial charge in [0.2, 0.25) is 0 Å². The quantitative estimate of drug-likeness (QED) is 0.607. The summed E-state index contributed by atoms with van der Waals surface area (Å²) in [6, 6.07) is 17.9. The zero-order valence-corrected chi connectivity index (χ0v) is 11.9. The highest BCUT2D eigenvalue weighted by Gasteiger charge is 2.18. The van der Waals surface area contributed by atoms with Crippen LogP contribution in [-0.2, 0) is 6.42 Å². The summed E-state index contributed by atoms with van der Waals surface area (Å²) in [6.45, 7) is 0. The minimum Gasteiger partial charge on any atom is -0.322 e. The number of carbonyl (C=O) groups is 1. The largest absolute Gasteiger partial charge is 0.322 e. The number of hydrogen-bond acceptors (Lipinski definition) is 2. The molecule has 1 N–H and O–H groups in total. The molecule has 1 heterocycles. The van der Waals surface area contributed by atoms with Crippen molar-refractivity contribution in [2.45, 2.75) is 6.42 Å². The fraction of sp³-hybridized carbons (Fsp3) is 0.0526. The third kappa shape index (κ3) is 2.17. The maximum absolute atomic E-state index is 12.2. The number of pyridine rings is 1. The Balaban J connectivity index is 1.65. The number of anilines is 1. The average molecular weight is 286 g/mol. The van der Waals surface area contributed by atoms with Gasteiger partial charge in [0.15, 0.2) is 0 Å². The molecule has 1 aromatic heterocycles. The normalized spacial score (nSPS) is 11.6. The summed E-state index contributed by atoms with van der Waals surface area (Å²) in [5.74, 6) is -0.117. The van der Waals surface area contributed by atoms with E-state index in [4.69, 9.17) is 0 Å². The van der Waals surface area contributed by atoms with E-state index in [1.54, 1.807) is 24.5 Å². The summed E-state index contributed by atoms with van der Waals surface area (Å²) < 4.78 is 0. The predicted molar refractivity (Wildman–Crippen MR) is 86.9 cm³/mol. The SMILES string of the molecule is O=C(Nc1ccc2c(c1)-c1ccccc1C2)c1ccncc1. The number of aromatic nitrogens is 1. The monoisotopic (exact) mass is 286 g/mol. The van der Waals surface area contributed by atoms with Gasteiger partial charge in [-0.05, 0) is 52.9 Å². The fourth-order valence-corrected chi connectivity index (χ4v) is 2.91. The van der Waals surface area contributed by atoms with Crippen LogP contribution < -0.4 is 5.32 Å². The van der Waals surface area contributed by atoms with E-state index in [1.165, 1.54) is 22.3 Å². The molecule has 0 bridgehead atoms. The lowest BCUT2D eigenvalue weighted by Gasteiger charge is -2.08. The van der Waals surface area contributed by atoms with Crippen LogP contribution in [0.2, 0.25) is 0 Å². The Labute approximate surface area is 128 Å². The number of fused-ring (bicyclic) bond motifs is 3. The van der Waals surface area contributed by atoms with Crippen molar-refractivity contribution < 1.29 is 4.79 Å². The molecular formula is C19H14N2O. The van der Waals surface area contributed by atoms with Crippen LogP contribution in [0.3, 0.4) is 0 Å². The average Bonchev–Trinajstić information content (AvgIpc) is 2.94. The smallest absolute Gasteiger partial charge is 0.255 e. The Kier molecular flexibility index (Phi) is 2.97. The molecule has 0 fully saturated rings. The minimum absolute atomic E-state index is 0.117. The highest BCUT2D eigenvalue weighted by molar-refractivity contribution is 6.04. The topological polar surface area (TPSA) is 42.0 Å². The van der Waals surface area contributed by atoms with Crippen molar-refractivity contribution in [2.24, 2.45) is 0 Å². The fourth-order valence-electron chi connectivity index (χ4n) is 2.91. The van der Waals surface area contributed by atoms with Gasteiger partial charge in [0.25, 0.3) is 5.91 Å². The molecule has 3 nitrogen and oxygen atoms in total. The Bertz CT molecular complexity index is 856. The molecule has 2 aromatic carbocycles. The second kappa shape index (κ2) is 5.11. The molecule has 3 aromatic rings. The number of carbonyl (C=O) groups excluding carboxylic acids is 1. The van der Waals surface area contributed by atoms with Crippen LogP contribution in [0.5, 0.6) is 0 Å². The van der Waals surface area contributed by atoms with Gasteiger partial charge in [-0.25, -0.2) is 0 Å².